The fourth-order valence-electron chi connectivity index (χ4n) is 4.07. The summed E-state index contributed by atoms with van der Waals surface area (Å²) >= 11 is 0. The topological polar surface area (TPSA) is 83.2 Å². The van der Waals surface area contributed by atoms with Gasteiger partial charge in [-0.2, -0.15) is 0 Å². The zero-order valence-electron chi connectivity index (χ0n) is 18.0. The number of nitrogens with two attached hydrogens (primary N) is 1. The number of halogens is 1. The number of morpholine rings is 1. The van der Waals surface area contributed by atoms with Crippen molar-refractivity contribution in [2.75, 3.05) is 45.9 Å². The summed E-state index contributed by atoms with van der Waals surface area (Å²) in [6.07, 6.45) is 2.59. The van der Waals surface area contributed by atoms with Gasteiger partial charge < -0.3 is 20.7 Å². The van der Waals surface area contributed by atoms with Crippen molar-refractivity contribution in [3.63, 3.8) is 0 Å². The number of carbonyl (C=O) groups excluding carboxylic acids is 1. The van der Waals surface area contributed by atoms with E-state index in [0.29, 0.717) is 18.9 Å². The zero-order chi connectivity index (χ0) is 20.5. The maximum atomic E-state index is 11.3. The lowest BCUT2D eigenvalue weighted by atomic mass is 9.95. The average molecular weight is 529 g/mol. The van der Waals surface area contributed by atoms with Gasteiger partial charge in [-0.15, -0.1) is 24.0 Å². The molecule has 7 nitrogen and oxygen atoms in total. The Morgan fingerprint density at radius 2 is 1.90 bits per heavy atom. The van der Waals surface area contributed by atoms with E-state index in [9.17, 15) is 4.79 Å². The summed E-state index contributed by atoms with van der Waals surface area (Å²) in [6.45, 7) is 10.0. The Hall–Kier alpha value is -1.39. The van der Waals surface area contributed by atoms with Crippen molar-refractivity contribution in [2.45, 2.75) is 39.3 Å². The van der Waals surface area contributed by atoms with Crippen molar-refractivity contribution in [3.8, 4) is 0 Å². The summed E-state index contributed by atoms with van der Waals surface area (Å²) in [4.78, 5) is 20.8. The highest BCUT2D eigenvalue weighted by Gasteiger charge is 2.23. The second-order valence-electron chi connectivity index (χ2n) is 8.00. The highest BCUT2D eigenvalue weighted by molar-refractivity contribution is 14.0. The van der Waals surface area contributed by atoms with E-state index in [1.54, 1.807) is 0 Å². The highest BCUT2D eigenvalue weighted by Crippen LogP contribution is 2.19. The summed E-state index contributed by atoms with van der Waals surface area (Å²) in [6, 6.07) is 8.76. The quantitative estimate of drug-likeness (QED) is 0.322. The van der Waals surface area contributed by atoms with Crippen LogP contribution in [0.1, 0.15) is 37.3 Å². The average Bonchev–Trinajstić information content (AvgIpc) is 2.73. The molecule has 0 saturated carbocycles. The number of benzene rings is 1. The predicted molar refractivity (Wildman–Crippen MR) is 131 cm³/mol. The summed E-state index contributed by atoms with van der Waals surface area (Å²) in [5, 5.41) is 3.40. The van der Waals surface area contributed by atoms with Gasteiger partial charge in [-0.1, -0.05) is 24.3 Å². The van der Waals surface area contributed by atoms with Gasteiger partial charge in [0, 0.05) is 45.7 Å². The molecular weight excluding hydrogens is 493 g/mol. The molecule has 0 aromatic heterocycles. The minimum absolute atomic E-state index is 0. The number of amides is 1. The molecule has 1 aromatic rings. The lowest BCUT2D eigenvalue weighted by molar-refractivity contribution is -0.119. The molecule has 1 atom stereocenters. The molecule has 2 fully saturated rings. The van der Waals surface area contributed by atoms with Crippen LogP contribution < -0.4 is 11.1 Å². The first-order valence-corrected chi connectivity index (χ1v) is 10.8. The van der Waals surface area contributed by atoms with Gasteiger partial charge in [0.05, 0.1) is 19.8 Å². The molecule has 168 valence electrons. The van der Waals surface area contributed by atoms with Gasteiger partial charge in [-0.25, -0.2) is 4.99 Å². The first-order valence-electron chi connectivity index (χ1n) is 10.8. The number of piperidine rings is 1. The van der Waals surface area contributed by atoms with Crippen molar-refractivity contribution in [3.05, 3.63) is 35.4 Å². The first kappa shape index (κ1) is 24.9. The standard InChI is InChI=1S/C22H35N5O2.HI/c1-2-24-22(27-9-3-4-20(17-27)14-21(23)28)25-15-18-5-7-19(8-6-18)16-26-10-12-29-13-11-26;/h5-8,20H,2-4,9-17H2,1H3,(H2,23,28)(H,24,25);1H. The summed E-state index contributed by atoms with van der Waals surface area (Å²) < 4.78 is 5.42. The van der Waals surface area contributed by atoms with Crippen molar-refractivity contribution < 1.29 is 9.53 Å². The van der Waals surface area contributed by atoms with Crippen LogP contribution in [-0.4, -0.2) is 67.6 Å². The van der Waals surface area contributed by atoms with Crippen LogP contribution in [0, 0.1) is 5.92 Å². The number of hydrogen-bond donors (Lipinski definition) is 2. The summed E-state index contributed by atoms with van der Waals surface area (Å²) in [5.41, 5.74) is 7.93. The van der Waals surface area contributed by atoms with E-state index >= 15 is 0 Å². The number of ether oxygens (including phenoxy) is 1. The van der Waals surface area contributed by atoms with Crippen LogP contribution in [0.4, 0.5) is 0 Å². The van der Waals surface area contributed by atoms with Crippen LogP contribution >= 0.6 is 24.0 Å². The van der Waals surface area contributed by atoms with E-state index in [0.717, 1.165) is 71.3 Å². The highest BCUT2D eigenvalue weighted by atomic mass is 127. The van der Waals surface area contributed by atoms with E-state index in [-0.39, 0.29) is 29.9 Å². The van der Waals surface area contributed by atoms with Gasteiger partial charge in [0.2, 0.25) is 5.91 Å². The van der Waals surface area contributed by atoms with E-state index in [2.05, 4.69) is 46.3 Å². The zero-order valence-corrected chi connectivity index (χ0v) is 20.3. The summed E-state index contributed by atoms with van der Waals surface area (Å²) in [7, 11) is 0. The number of hydrogen-bond acceptors (Lipinski definition) is 4. The van der Waals surface area contributed by atoms with E-state index in [1.165, 1.54) is 11.1 Å². The molecule has 8 heteroatoms. The molecule has 1 unspecified atom stereocenters. The number of aliphatic imine (C=N–C) groups is 1. The van der Waals surface area contributed by atoms with Gasteiger partial charge in [0.15, 0.2) is 5.96 Å². The molecule has 1 amide bonds. The Morgan fingerprint density at radius 1 is 1.20 bits per heavy atom. The Kier molecular flexibility index (Phi) is 10.9. The fraction of sp³-hybridized carbons (Fsp3) is 0.636. The van der Waals surface area contributed by atoms with Crippen molar-refractivity contribution in [2.24, 2.45) is 16.6 Å². The molecule has 0 bridgehead atoms. The molecule has 2 aliphatic heterocycles. The summed E-state index contributed by atoms with van der Waals surface area (Å²) in [5.74, 6) is 1.04. The molecule has 2 saturated heterocycles. The van der Waals surface area contributed by atoms with Crippen molar-refractivity contribution in [1.82, 2.24) is 15.1 Å². The van der Waals surface area contributed by atoms with E-state index in [1.807, 2.05) is 0 Å². The first-order chi connectivity index (χ1) is 14.1. The maximum Gasteiger partial charge on any atom is 0.217 e. The van der Waals surface area contributed by atoms with Crippen LogP contribution in [0.5, 0.6) is 0 Å². The molecule has 1 aromatic carbocycles. The van der Waals surface area contributed by atoms with Crippen molar-refractivity contribution in [1.29, 1.82) is 0 Å². The largest absolute Gasteiger partial charge is 0.379 e. The van der Waals surface area contributed by atoms with E-state index < -0.39 is 0 Å². The molecule has 3 N–H and O–H groups in total. The molecule has 0 aliphatic carbocycles. The molecule has 0 spiro atoms. The maximum absolute atomic E-state index is 11.3. The Labute approximate surface area is 197 Å². The SMILES string of the molecule is CCNC(=NCc1ccc(CN2CCOCC2)cc1)N1CCCC(CC(N)=O)C1.I. The third-order valence-electron chi connectivity index (χ3n) is 5.59. The molecular formula is C22H36IN5O2. The lowest BCUT2D eigenvalue weighted by Crippen LogP contribution is -2.47. The minimum atomic E-state index is -0.212. The van der Waals surface area contributed by atoms with Gasteiger partial charge in [-0.05, 0) is 36.8 Å². The third-order valence-corrected chi connectivity index (χ3v) is 5.59. The van der Waals surface area contributed by atoms with Gasteiger partial charge in [0.1, 0.15) is 0 Å². The molecule has 2 heterocycles. The lowest BCUT2D eigenvalue weighted by Gasteiger charge is -2.34. The number of nitrogens with zero attached hydrogens (tertiary/aromatic N) is 3. The Morgan fingerprint density at radius 3 is 2.57 bits per heavy atom. The second kappa shape index (κ2) is 13.1. The third kappa shape index (κ3) is 8.03. The molecule has 2 aliphatic rings. The van der Waals surface area contributed by atoms with Gasteiger partial charge in [-0.3, -0.25) is 9.69 Å². The number of nitrogens with one attached hydrogen (secondary N) is 1. The van der Waals surface area contributed by atoms with Crippen LogP contribution in [0.3, 0.4) is 0 Å². The Balaban J connectivity index is 0.00000320. The van der Waals surface area contributed by atoms with Crippen LogP contribution in [0.2, 0.25) is 0 Å². The smallest absolute Gasteiger partial charge is 0.217 e. The van der Waals surface area contributed by atoms with Crippen LogP contribution in [0.15, 0.2) is 29.3 Å². The number of likely N-dealkylation sites (tertiary alicyclic amines) is 1. The molecule has 3 rings (SSSR count). The predicted octanol–water partition coefficient (Wildman–Crippen LogP) is 2.19. The Bertz CT molecular complexity index is 677. The minimum Gasteiger partial charge on any atom is -0.379 e. The molecule has 0 radical (unpaired) electrons. The van der Waals surface area contributed by atoms with Crippen molar-refractivity contribution >= 4 is 35.8 Å². The number of guanidine groups is 1. The molecule has 30 heavy (non-hydrogen) atoms. The van der Waals surface area contributed by atoms with Gasteiger partial charge >= 0.3 is 0 Å². The fourth-order valence-corrected chi connectivity index (χ4v) is 4.07. The van der Waals surface area contributed by atoms with Crippen LogP contribution in [-0.2, 0) is 22.6 Å². The normalized spacial score (nSPS) is 20.5. The number of rotatable bonds is 7. The second-order valence-corrected chi connectivity index (χ2v) is 8.00. The number of carbonyl (C=O) groups is 1. The number of primary amides is 1. The van der Waals surface area contributed by atoms with Gasteiger partial charge in [0.25, 0.3) is 0 Å². The monoisotopic (exact) mass is 529 g/mol. The van der Waals surface area contributed by atoms with Crippen LogP contribution in [0.25, 0.3) is 0 Å². The van der Waals surface area contributed by atoms with E-state index in [4.69, 9.17) is 15.5 Å².